The minimum absolute atomic E-state index is 0. The number of guanidine groups is 1. The SMILES string of the molecule is CCNC(=NCc1cccc(F)c1)NCc1ccccc1OCC.I. The van der Waals surface area contributed by atoms with Gasteiger partial charge in [0, 0.05) is 18.7 Å². The highest BCUT2D eigenvalue weighted by atomic mass is 127. The van der Waals surface area contributed by atoms with Crippen molar-refractivity contribution in [3.8, 4) is 5.75 Å². The number of rotatable bonds is 7. The molecule has 25 heavy (non-hydrogen) atoms. The van der Waals surface area contributed by atoms with Crippen LogP contribution in [-0.2, 0) is 13.1 Å². The van der Waals surface area contributed by atoms with Gasteiger partial charge in [0.25, 0.3) is 0 Å². The van der Waals surface area contributed by atoms with Crippen molar-refractivity contribution in [3.05, 3.63) is 65.5 Å². The van der Waals surface area contributed by atoms with Gasteiger partial charge in [-0.3, -0.25) is 0 Å². The summed E-state index contributed by atoms with van der Waals surface area (Å²) in [5, 5.41) is 6.48. The summed E-state index contributed by atoms with van der Waals surface area (Å²) < 4.78 is 18.9. The zero-order valence-electron chi connectivity index (χ0n) is 14.6. The normalized spacial score (nSPS) is 10.8. The molecule has 0 aromatic heterocycles. The molecule has 0 saturated carbocycles. The molecule has 0 aliphatic rings. The summed E-state index contributed by atoms with van der Waals surface area (Å²) in [6, 6.07) is 14.4. The number of aliphatic imine (C=N–C) groups is 1. The molecule has 0 aliphatic heterocycles. The van der Waals surface area contributed by atoms with Gasteiger partial charge in [0.15, 0.2) is 5.96 Å². The van der Waals surface area contributed by atoms with E-state index in [1.807, 2.05) is 44.2 Å². The highest BCUT2D eigenvalue weighted by molar-refractivity contribution is 14.0. The van der Waals surface area contributed by atoms with Crippen LogP contribution in [0.15, 0.2) is 53.5 Å². The summed E-state index contributed by atoms with van der Waals surface area (Å²) in [4.78, 5) is 4.50. The maximum atomic E-state index is 13.2. The molecule has 0 spiro atoms. The van der Waals surface area contributed by atoms with Gasteiger partial charge in [-0.15, -0.1) is 24.0 Å². The molecule has 2 rings (SSSR count). The first-order chi connectivity index (χ1) is 11.7. The third-order valence-electron chi connectivity index (χ3n) is 3.37. The number of nitrogens with one attached hydrogen (secondary N) is 2. The molecule has 0 heterocycles. The van der Waals surface area contributed by atoms with Crippen LogP contribution in [0.4, 0.5) is 4.39 Å². The Morgan fingerprint density at radius 1 is 1.08 bits per heavy atom. The van der Waals surface area contributed by atoms with Crippen molar-refractivity contribution in [1.29, 1.82) is 0 Å². The van der Waals surface area contributed by atoms with E-state index in [0.29, 0.717) is 25.7 Å². The molecule has 0 amide bonds. The Morgan fingerprint density at radius 3 is 2.60 bits per heavy atom. The maximum absolute atomic E-state index is 13.2. The van der Waals surface area contributed by atoms with E-state index in [-0.39, 0.29) is 29.8 Å². The van der Waals surface area contributed by atoms with Gasteiger partial charge >= 0.3 is 0 Å². The quantitative estimate of drug-likeness (QED) is 0.374. The molecule has 0 radical (unpaired) electrons. The van der Waals surface area contributed by atoms with Crippen molar-refractivity contribution >= 4 is 29.9 Å². The van der Waals surface area contributed by atoms with Crippen LogP contribution in [-0.4, -0.2) is 19.1 Å². The molecule has 0 fully saturated rings. The number of hydrogen-bond donors (Lipinski definition) is 2. The highest BCUT2D eigenvalue weighted by Crippen LogP contribution is 2.17. The maximum Gasteiger partial charge on any atom is 0.191 e. The highest BCUT2D eigenvalue weighted by Gasteiger charge is 2.04. The fraction of sp³-hybridized carbons (Fsp3) is 0.316. The molecule has 6 heteroatoms. The first-order valence-corrected chi connectivity index (χ1v) is 8.20. The van der Waals surface area contributed by atoms with Crippen LogP contribution in [0, 0.1) is 5.82 Å². The predicted molar refractivity (Wildman–Crippen MR) is 111 cm³/mol. The van der Waals surface area contributed by atoms with Crippen LogP contribution in [0.3, 0.4) is 0 Å². The second-order valence-electron chi connectivity index (χ2n) is 5.22. The fourth-order valence-corrected chi connectivity index (χ4v) is 2.27. The van der Waals surface area contributed by atoms with Crippen LogP contribution >= 0.6 is 24.0 Å². The minimum atomic E-state index is -0.244. The van der Waals surface area contributed by atoms with Gasteiger partial charge in [-0.05, 0) is 37.6 Å². The summed E-state index contributed by atoms with van der Waals surface area (Å²) >= 11 is 0. The summed E-state index contributed by atoms with van der Waals surface area (Å²) in [7, 11) is 0. The van der Waals surface area contributed by atoms with Gasteiger partial charge in [0.05, 0.1) is 13.2 Å². The number of ether oxygens (including phenoxy) is 1. The van der Waals surface area contributed by atoms with Crippen molar-refractivity contribution in [2.24, 2.45) is 4.99 Å². The van der Waals surface area contributed by atoms with Crippen LogP contribution in [0.5, 0.6) is 5.75 Å². The topological polar surface area (TPSA) is 45.7 Å². The van der Waals surface area contributed by atoms with Gasteiger partial charge in [-0.1, -0.05) is 30.3 Å². The molecular formula is C19H25FIN3O. The van der Waals surface area contributed by atoms with E-state index in [4.69, 9.17) is 4.74 Å². The van der Waals surface area contributed by atoms with Gasteiger partial charge in [-0.2, -0.15) is 0 Å². The zero-order chi connectivity index (χ0) is 17.2. The van der Waals surface area contributed by atoms with Gasteiger partial charge in [-0.25, -0.2) is 9.38 Å². The molecule has 0 bridgehead atoms. The molecule has 0 aliphatic carbocycles. The molecule has 0 saturated heterocycles. The molecule has 4 nitrogen and oxygen atoms in total. The standard InChI is InChI=1S/C19H24FN3O.HI/c1-3-21-19(22-13-15-8-7-10-17(20)12-15)23-14-16-9-5-6-11-18(16)24-4-2;/h5-12H,3-4,13-14H2,1-2H3,(H2,21,22,23);1H. The van der Waals surface area contributed by atoms with E-state index in [2.05, 4.69) is 15.6 Å². The Labute approximate surface area is 165 Å². The smallest absolute Gasteiger partial charge is 0.191 e. The second-order valence-corrected chi connectivity index (χ2v) is 5.22. The second kappa shape index (κ2) is 11.7. The van der Waals surface area contributed by atoms with Crippen LogP contribution < -0.4 is 15.4 Å². The first-order valence-electron chi connectivity index (χ1n) is 8.20. The number of nitrogens with zero attached hydrogens (tertiary/aromatic N) is 1. The number of para-hydroxylation sites is 1. The van der Waals surface area contributed by atoms with E-state index in [9.17, 15) is 4.39 Å². The lowest BCUT2D eigenvalue weighted by molar-refractivity contribution is 0.336. The largest absolute Gasteiger partial charge is 0.494 e. The zero-order valence-corrected chi connectivity index (χ0v) is 16.9. The van der Waals surface area contributed by atoms with Crippen molar-refractivity contribution in [1.82, 2.24) is 10.6 Å². The number of benzene rings is 2. The van der Waals surface area contributed by atoms with Crippen molar-refractivity contribution in [2.45, 2.75) is 26.9 Å². The van der Waals surface area contributed by atoms with E-state index in [1.54, 1.807) is 6.07 Å². The lowest BCUT2D eigenvalue weighted by Crippen LogP contribution is -2.36. The van der Waals surface area contributed by atoms with Gasteiger partial charge in [0.1, 0.15) is 11.6 Å². The van der Waals surface area contributed by atoms with Gasteiger partial charge < -0.3 is 15.4 Å². The average molecular weight is 457 g/mol. The van der Waals surface area contributed by atoms with Crippen molar-refractivity contribution < 1.29 is 9.13 Å². The molecule has 136 valence electrons. The summed E-state index contributed by atoms with van der Waals surface area (Å²) in [5.41, 5.74) is 1.90. The Bertz CT molecular complexity index is 679. The Kier molecular flexibility index (Phi) is 9.91. The third-order valence-corrected chi connectivity index (χ3v) is 3.37. The minimum Gasteiger partial charge on any atom is -0.494 e. The summed E-state index contributed by atoms with van der Waals surface area (Å²) in [5.74, 6) is 1.31. The van der Waals surface area contributed by atoms with Crippen LogP contribution in [0.2, 0.25) is 0 Å². The molecule has 2 aromatic carbocycles. The van der Waals surface area contributed by atoms with E-state index < -0.39 is 0 Å². The number of hydrogen-bond acceptors (Lipinski definition) is 2. The lowest BCUT2D eigenvalue weighted by atomic mass is 10.2. The first kappa shape index (κ1) is 21.2. The average Bonchev–Trinajstić information content (AvgIpc) is 2.59. The molecular weight excluding hydrogens is 432 g/mol. The van der Waals surface area contributed by atoms with E-state index in [0.717, 1.165) is 23.4 Å². The van der Waals surface area contributed by atoms with Crippen molar-refractivity contribution in [2.75, 3.05) is 13.2 Å². The Morgan fingerprint density at radius 2 is 1.88 bits per heavy atom. The lowest BCUT2D eigenvalue weighted by Gasteiger charge is -2.14. The van der Waals surface area contributed by atoms with E-state index >= 15 is 0 Å². The fourth-order valence-electron chi connectivity index (χ4n) is 2.27. The van der Waals surface area contributed by atoms with E-state index in [1.165, 1.54) is 12.1 Å². The molecule has 2 aromatic rings. The molecule has 2 N–H and O–H groups in total. The molecule has 0 unspecified atom stereocenters. The summed E-state index contributed by atoms with van der Waals surface area (Å²) in [6.07, 6.45) is 0. The monoisotopic (exact) mass is 457 g/mol. The Balaban J connectivity index is 0.00000312. The van der Waals surface area contributed by atoms with Crippen LogP contribution in [0.25, 0.3) is 0 Å². The third kappa shape index (κ3) is 7.29. The summed E-state index contributed by atoms with van der Waals surface area (Å²) in [6.45, 7) is 6.38. The molecule has 0 atom stereocenters. The number of halogens is 2. The van der Waals surface area contributed by atoms with Gasteiger partial charge in [0.2, 0.25) is 0 Å². The Hall–Kier alpha value is -1.83. The van der Waals surface area contributed by atoms with Crippen molar-refractivity contribution in [3.63, 3.8) is 0 Å². The predicted octanol–water partition coefficient (Wildman–Crippen LogP) is 4.10. The van der Waals surface area contributed by atoms with Crippen LogP contribution in [0.1, 0.15) is 25.0 Å².